The largest absolute Gasteiger partial charge is 0.348 e. The van der Waals surface area contributed by atoms with Crippen LogP contribution in [0.5, 0.6) is 0 Å². The Bertz CT molecular complexity index is 731. The minimum absolute atomic E-state index is 0.0613. The maximum atomic E-state index is 13.5. The van der Waals surface area contributed by atoms with E-state index in [1.54, 1.807) is 24.3 Å². The van der Waals surface area contributed by atoms with E-state index < -0.39 is 11.8 Å². The van der Waals surface area contributed by atoms with Gasteiger partial charge in [-0.05, 0) is 18.2 Å². The van der Waals surface area contributed by atoms with Crippen LogP contribution in [0.4, 0.5) is 4.39 Å². The van der Waals surface area contributed by atoms with E-state index in [0.717, 1.165) is 0 Å². The van der Waals surface area contributed by atoms with Gasteiger partial charge in [-0.3, -0.25) is 14.6 Å². The lowest BCUT2D eigenvalue weighted by atomic mass is 10.2. The zero-order chi connectivity index (χ0) is 16.7. The molecular weight excluding hydrogens is 297 g/mol. The topological polar surface area (TPSA) is 71.1 Å². The van der Waals surface area contributed by atoms with Crippen LogP contribution >= 0.6 is 0 Å². The fourth-order valence-electron chi connectivity index (χ4n) is 1.87. The van der Waals surface area contributed by atoms with E-state index >= 15 is 0 Å². The Kier molecular flexibility index (Phi) is 5.57. The Hall–Kier alpha value is -3.02. The van der Waals surface area contributed by atoms with Gasteiger partial charge in [0.15, 0.2) is 0 Å². The van der Waals surface area contributed by atoms with Crippen molar-refractivity contribution in [3.05, 3.63) is 77.9 Å². The third-order valence-corrected chi connectivity index (χ3v) is 3.06. The van der Waals surface area contributed by atoms with Gasteiger partial charge in [-0.1, -0.05) is 24.3 Å². The molecule has 0 unspecified atom stereocenters. The molecule has 0 fully saturated rings. The highest BCUT2D eigenvalue weighted by Gasteiger charge is 2.11. The smallest absolute Gasteiger partial charge is 0.270 e. The number of aromatic nitrogens is 1. The number of carbonyl (C=O) groups excluding carboxylic acids is 2. The molecule has 5 nitrogen and oxygen atoms in total. The Labute approximate surface area is 133 Å². The quantitative estimate of drug-likeness (QED) is 0.802. The number of carbonyl (C=O) groups is 2. The molecule has 2 rings (SSSR count). The van der Waals surface area contributed by atoms with E-state index in [1.165, 1.54) is 24.4 Å². The van der Waals surface area contributed by atoms with Crippen molar-refractivity contribution in [2.75, 3.05) is 6.54 Å². The molecule has 23 heavy (non-hydrogen) atoms. The van der Waals surface area contributed by atoms with Gasteiger partial charge < -0.3 is 10.6 Å². The monoisotopic (exact) mass is 313 g/mol. The van der Waals surface area contributed by atoms with Crippen LogP contribution in [0.1, 0.15) is 26.4 Å². The molecule has 2 N–H and O–H groups in total. The van der Waals surface area contributed by atoms with Gasteiger partial charge >= 0.3 is 0 Å². The first-order chi connectivity index (χ1) is 11.1. The van der Waals surface area contributed by atoms with E-state index in [4.69, 9.17) is 0 Å². The Morgan fingerprint density at radius 3 is 2.70 bits per heavy atom. The summed E-state index contributed by atoms with van der Waals surface area (Å²) in [4.78, 5) is 27.8. The molecule has 0 aliphatic heterocycles. The van der Waals surface area contributed by atoms with Gasteiger partial charge in [-0.15, -0.1) is 6.58 Å². The van der Waals surface area contributed by atoms with Crippen molar-refractivity contribution in [1.82, 2.24) is 15.6 Å². The predicted molar refractivity (Wildman–Crippen MR) is 84.3 cm³/mol. The van der Waals surface area contributed by atoms with Crippen LogP contribution in [0.3, 0.4) is 0 Å². The first-order valence-corrected chi connectivity index (χ1v) is 6.98. The van der Waals surface area contributed by atoms with Crippen LogP contribution in [0.15, 0.2) is 55.3 Å². The Morgan fingerprint density at radius 1 is 1.17 bits per heavy atom. The lowest BCUT2D eigenvalue weighted by Gasteiger charge is -2.07. The normalized spacial score (nSPS) is 9.96. The van der Waals surface area contributed by atoms with E-state index in [9.17, 15) is 14.0 Å². The van der Waals surface area contributed by atoms with Gasteiger partial charge in [0.1, 0.15) is 11.5 Å². The molecule has 0 bridgehead atoms. The van der Waals surface area contributed by atoms with Crippen molar-refractivity contribution in [3.8, 4) is 0 Å². The molecule has 0 aliphatic rings. The number of hydrogen-bond acceptors (Lipinski definition) is 3. The van der Waals surface area contributed by atoms with Gasteiger partial charge in [0.25, 0.3) is 11.8 Å². The van der Waals surface area contributed by atoms with Crippen molar-refractivity contribution < 1.29 is 14.0 Å². The summed E-state index contributed by atoms with van der Waals surface area (Å²) < 4.78 is 13.5. The SMILES string of the molecule is C=CCNC(=O)c1cc(C(=O)NCc2ccccc2F)ccn1. The summed E-state index contributed by atoms with van der Waals surface area (Å²) >= 11 is 0. The molecule has 1 heterocycles. The molecule has 0 saturated heterocycles. The standard InChI is InChI=1S/C17H16FN3O2/c1-2-8-20-17(23)15-10-12(7-9-19-15)16(22)21-11-13-5-3-4-6-14(13)18/h2-7,9-10H,1,8,11H2,(H,20,23)(H,21,22). The maximum absolute atomic E-state index is 13.5. The number of benzene rings is 1. The molecular formula is C17H16FN3O2. The number of halogens is 1. The van der Waals surface area contributed by atoms with Crippen LogP contribution in [0, 0.1) is 5.82 Å². The van der Waals surface area contributed by atoms with E-state index in [-0.39, 0.29) is 23.6 Å². The average molecular weight is 313 g/mol. The van der Waals surface area contributed by atoms with Gasteiger partial charge in [0.2, 0.25) is 0 Å². The maximum Gasteiger partial charge on any atom is 0.270 e. The van der Waals surface area contributed by atoms with Crippen LogP contribution < -0.4 is 10.6 Å². The molecule has 0 spiro atoms. The molecule has 0 radical (unpaired) electrons. The van der Waals surface area contributed by atoms with E-state index in [0.29, 0.717) is 12.1 Å². The van der Waals surface area contributed by atoms with Crippen LogP contribution in [-0.2, 0) is 6.54 Å². The number of nitrogens with one attached hydrogen (secondary N) is 2. The van der Waals surface area contributed by atoms with Crippen LogP contribution in [-0.4, -0.2) is 23.3 Å². The van der Waals surface area contributed by atoms with Gasteiger partial charge in [0.05, 0.1) is 0 Å². The van der Waals surface area contributed by atoms with E-state index in [1.807, 2.05) is 0 Å². The third-order valence-electron chi connectivity index (χ3n) is 3.06. The minimum Gasteiger partial charge on any atom is -0.348 e. The average Bonchev–Trinajstić information content (AvgIpc) is 2.58. The number of nitrogens with zero attached hydrogens (tertiary/aromatic N) is 1. The predicted octanol–water partition coefficient (Wildman–Crippen LogP) is 2.07. The lowest BCUT2D eigenvalue weighted by molar-refractivity contribution is 0.0950. The summed E-state index contributed by atoms with van der Waals surface area (Å²) in [6.07, 6.45) is 2.92. The zero-order valence-electron chi connectivity index (χ0n) is 12.4. The molecule has 6 heteroatoms. The summed E-state index contributed by atoms with van der Waals surface area (Å²) in [5.74, 6) is -1.19. The summed E-state index contributed by atoms with van der Waals surface area (Å²) in [6, 6.07) is 9.07. The van der Waals surface area contributed by atoms with Gasteiger partial charge in [-0.2, -0.15) is 0 Å². The highest BCUT2D eigenvalue weighted by Crippen LogP contribution is 2.07. The second-order valence-corrected chi connectivity index (χ2v) is 4.70. The number of amides is 2. The van der Waals surface area contributed by atoms with Crippen molar-refractivity contribution in [1.29, 1.82) is 0 Å². The van der Waals surface area contributed by atoms with Crippen LogP contribution in [0.2, 0.25) is 0 Å². The summed E-state index contributed by atoms with van der Waals surface area (Å²) in [5.41, 5.74) is 0.796. The molecule has 118 valence electrons. The number of rotatable bonds is 6. The molecule has 1 aromatic carbocycles. The molecule has 0 saturated carbocycles. The van der Waals surface area contributed by atoms with Gasteiger partial charge in [0, 0.05) is 30.4 Å². The lowest BCUT2D eigenvalue weighted by Crippen LogP contribution is -2.26. The van der Waals surface area contributed by atoms with Gasteiger partial charge in [-0.25, -0.2) is 4.39 Å². The van der Waals surface area contributed by atoms with Crippen molar-refractivity contribution >= 4 is 11.8 Å². The number of hydrogen-bond donors (Lipinski definition) is 2. The Morgan fingerprint density at radius 2 is 1.96 bits per heavy atom. The third kappa shape index (κ3) is 4.47. The van der Waals surface area contributed by atoms with E-state index in [2.05, 4.69) is 22.2 Å². The number of pyridine rings is 1. The molecule has 1 aromatic heterocycles. The highest BCUT2D eigenvalue weighted by molar-refractivity contribution is 5.98. The summed E-state index contributed by atoms with van der Waals surface area (Å²) in [7, 11) is 0. The van der Waals surface area contributed by atoms with Crippen LogP contribution in [0.25, 0.3) is 0 Å². The van der Waals surface area contributed by atoms with Crippen molar-refractivity contribution in [2.45, 2.75) is 6.54 Å². The zero-order valence-corrected chi connectivity index (χ0v) is 12.4. The highest BCUT2D eigenvalue weighted by atomic mass is 19.1. The second kappa shape index (κ2) is 7.84. The molecule has 0 atom stereocenters. The Balaban J connectivity index is 2.03. The fourth-order valence-corrected chi connectivity index (χ4v) is 1.87. The van der Waals surface area contributed by atoms with Crippen molar-refractivity contribution in [2.24, 2.45) is 0 Å². The summed E-state index contributed by atoms with van der Waals surface area (Å²) in [6.45, 7) is 3.87. The van der Waals surface area contributed by atoms with Crippen molar-refractivity contribution in [3.63, 3.8) is 0 Å². The first-order valence-electron chi connectivity index (χ1n) is 6.98. The second-order valence-electron chi connectivity index (χ2n) is 4.70. The summed E-state index contributed by atoms with van der Waals surface area (Å²) in [5, 5.41) is 5.19. The molecule has 0 aliphatic carbocycles. The fraction of sp³-hybridized carbons (Fsp3) is 0.118. The minimum atomic E-state index is -0.409. The first kappa shape index (κ1) is 16.4. The molecule has 2 amide bonds. The molecule has 2 aromatic rings.